The zero-order valence-corrected chi connectivity index (χ0v) is 13.1. The van der Waals surface area contributed by atoms with Crippen LogP contribution in [0, 0.1) is 0 Å². The molecule has 0 atom stereocenters. The van der Waals surface area contributed by atoms with Crippen LogP contribution in [0.1, 0.15) is 58.2 Å². The van der Waals surface area contributed by atoms with Gasteiger partial charge in [-0.15, -0.1) is 0 Å². The molecule has 2 N–H and O–H groups in total. The Bertz CT molecular complexity index is 441. The largest absolute Gasteiger partial charge is 0.507 e. The summed E-state index contributed by atoms with van der Waals surface area (Å²) in [6.45, 7) is 12.6. The first-order valence-corrected chi connectivity index (χ1v) is 6.65. The average Bonchev–Trinajstić information content (AvgIpc) is 2.24. The van der Waals surface area contributed by atoms with Gasteiger partial charge in [0.05, 0.1) is 6.21 Å². The van der Waals surface area contributed by atoms with E-state index in [4.69, 9.17) is 0 Å². The van der Waals surface area contributed by atoms with Crippen LogP contribution in [0.4, 0.5) is 0 Å². The SMILES string of the molecule is CN/N=C/c1cc(C(C)(C)C)c(O)c(C(C)(C)C)c1. The number of rotatable bonds is 2. The van der Waals surface area contributed by atoms with Crippen molar-refractivity contribution in [2.24, 2.45) is 5.10 Å². The molecule has 19 heavy (non-hydrogen) atoms. The van der Waals surface area contributed by atoms with E-state index < -0.39 is 0 Å². The minimum absolute atomic E-state index is 0.104. The van der Waals surface area contributed by atoms with Gasteiger partial charge in [0, 0.05) is 18.2 Å². The lowest BCUT2D eigenvalue weighted by Gasteiger charge is -2.27. The van der Waals surface area contributed by atoms with Crippen molar-refractivity contribution in [2.45, 2.75) is 52.4 Å². The fourth-order valence-corrected chi connectivity index (χ4v) is 2.01. The van der Waals surface area contributed by atoms with Crippen molar-refractivity contribution >= 4 is 6.21 Å². The van der Waals surface area contributed by atoms with Crippen molar-refractivity contribution in [1.82, 2.24) is 5.43 Å². The van der Waals surface area contributed by atoms with Crippen LogP contribution in [0.5, 0.6) is 5.75 Å². The van der Waals surface area contributed by atoms with Crippen molar-refractivity contribution in [3.63, 3.8) is 0 Å². The number of benzene rings is 1. The molecule has 0 saturated heterocycles. The van der Waals surface area contributed by atoms with Gasteiger partial charge in [-0.2, -0.15) is 5.10 Å². The highest BCUT2D eigenvalue weighted by atomic mass is 16.3. The van der Waals surface area contributed by atoms with Gasteiger partial charge in [-0.3, -0.25) is 0 Å². The highest BCUT2D eigenvalue weighted by molar-refractivity contribution is 5.81. The second kappa shape index (κ2) is 5.24. The maximum atomic E-state index is 10.5. The minimum atomic E-state index is -0.104. The lowest BCUT2D eigenvalue weighted by atomic mass is 9.78. The quantitative estimate of drug-likeness (QED) is 0.632. The molecule has 0 amide bonds. The zero-order chi connectivity index (χ0) is 14.8. The molecule has 0 aliphatic carbocycles. The summed E-state index contributed by atoms with van der Waals surface area (Å²) < 4.78 is 0. The summed E-state index contributed by atoms with van der Waals surface area (Å²) in [6.07, 6.45) is 1.78. The minimum Gasteiger partial charge on any atom is -0.507 e. The third kappa shape index (κ3) is 3.72. The number of hydrazone groups is 1. The molecule has 0 bridgehead atoms. The predicted molar refractivity (Wildman–Crippen MR) is 82.2 cm³/mol. The van der Waals surface area contributed by atoms with E-state index in [2.05, 4.69) is 52.1 Å². The van der Waals surface area contributed by atoms with E-state index in [-0.39, 0.29) is 10.8 Å². The van der Waals surface area contributed by atoms with Gasteiger partial charge >= 0.3 is 0 Å². The van der Waals surface area contributed by atoms with Crippen molar-refractivity contribution in [1.29, 1.82) is 0 Å². The summed E-state index contributed by atoms with van der Waals surface area (Å²) in [4.78, 5) is 0. The highest BCUT2D eigenvalue weighted by Crippen LogP contribution is 2.39. The van der Waals surface area contributed by atoms with E-state index >= 15 is 0 Å². The monoisotopic (exact) mass is 262 g/mol. The molecule has 0 spiro atoms. The molecular formula is C16H26N2O. The van der Waals surface area contributed by atoms with Gasteiger partial charge in [0.25, 0.3) is 0 Å². The summed E-state index contributed by atoms with van der Waals surface area (Å²) in [7, 11) is 1.77. The Kier molecular flexibility index (Phi) is 4.28. The van der Waals surface area contributed by atoms with E-state index in [9.17, 15) is 5.11 Å². The topological polar surface area (TPSA) is 44.6 Å². The van der Waals surface area contributed by atoms with E-state index in [0.29, 0.717) is 5.75 Å². The molecule has 0 radical (unpaired) electrons. The molecule has 0 aliphatic heterocycles. The zero-order valence-electron chi connectivity index (χ0n) is 13.1. The van der Waals surface area contributed by atoms with Crippen LogP contribution < -0.4 is 5.43 Å². The second-order valence-electron chi connectivity index (χ2n) is 6.95. The molecular weight excluding hydrogens is 236 g/mol. The Balaban J connectivity index is 3.52. The van der Waals surface area contributed by atoms with Crippen LogP contribution in [0.2, 0.25) is 0 Å². The van der Waals surface area contributed by atoms with Gasteiger partial charge in [-0.25, -0.2) is 0 Å². The molecule has 0 unspecified atom stereocenters. The molecule has 0 heterocycles. The maximum absolute atomic E-state index is 10.5. The first-order valence-electron chi connectivity index (χ1n) is 6.65. The number of nitrogens with one attached hydrogen (secondary N) is 1. The molecule has 1 aromatic rings. The van der Waals surface area contributed by atoms with Crippen LogP contribution in [0.25, 0.3) is 0 Å². The summed E-state index contributed by atoms with van der Waals surface area (Å²) in [6, 6.07) is 4.01. The first-order chi connectivity index (χ1) is 8.57. The Labute approximate surface area is 116 Å². The van der Waals surface area contributed by atoms with Crippen molar-refractivity contribution in [2.75, 3.05) is 7.05 Å². The van der Waals surface area contributed by atoms with Crippen molar-refractivity contribution < 1.29 is 5.11 Å². The summed E-state index contributed by atoms with van der Waals surface area (Å²) in [5.74, 6) is 0.404. The number of phenols is 1. The number of hydrogen-bond donors (Lipinski definition) is 2. The van der Waals surface area contributed by atoms with Gasteiger partial charge in [-0.1, -0.05) is 41.5 Å². The van der Waals surface area contributed by atoms with E-state index in [1.165, 1.54) is 0 Å². The molecule has 3 heteroatoms. The normalized spacial score (nSPS) is 13.0. The van der Waals surface area contributed by atoms with E-state index in [1.54, 1.807) is 13.3 Å². The average molecular weight is 262 g/mol. The van der Waals surface area contributed by atoms with Gasteiger partial charge in [0.15, 0.2) is 0 Å². The molecule has 1 rings (SSSR count). The summed E-state index contributed by atoms with van der Waals surface area (Å²) >= 11 is 0. The molecule has 0 aliphatic rings. The van der Waals surface area contributed by atoms with Crippen molar-refractivity contribution in [3.8, 4) is 5.75 Å². The Morgan fingerprint density at radius 1 is 1.00 bits per heavy atom. The third-order valence-corrected chi connectivity index (χ3v) is 3.09. The van der Waals surface area contributed by atoms with Crippen LogP contribution in [-0.2, 0) is 10.8 Å². The summed E-state index contributed by atoms with van der Waals surface area (Å²) in [5, 5.41) is 14.6. The predicted octanol–water partition coefficient (Wildman–Crippen LogP) is 3.54. The van der Waals surface area contributed by atoms with Crippen LogP contribution in [0.15, 0.2) is 17.2 Å². The van der Waals surface area contributed by atoms with Gasteiger partial charge in [0.2, 0.25) is 0 Å². The number of hydrogen-bond acceptors (Lipinski definition) is 3. The first kappa shape index (κ1) is 15.5. The Morgan fingerprint density at radius 2 is 1.42 bits per heavy atom. The summed E-state index contributed by atoms with van der Waals surface area (Å²) in [5.41, 5.74) is 5.46. The lowest BCUT2D eigenvalue weighted by molar-refractivity contribution is 0.423. The lowest BCUT2D eigenvalue weighted by Crippen LogP contribution is -2.18. The smallest absolute Gasteiger partial charge is 0.123 e. The molecule has 3 nitrogen and oxygen atoms in total. The van der Waals surface area contributed by atoms with E-state index in [1.807, 2.05) is 12.1 Å². The van der Waals surface area contributed by atoms with Crippen LogP contribution in [0.3, 0.4) is 0 Å². The number of phenolic OH excluding ortho intramolecular Hbond substituents is 1. The van der Waals surface area contributed by atoms with Crippen LogP contribution >= 0.6 is 0 Å². The standard InChI is InChI=1S/C16H26N2O/c1-15(2,3)12-8-11(10-18-17-7)9-13(14(12)19)16(4,5)6/h8-10,17,19H,1-7H3/b18-10+. The Hall–Kier alpha value is -1.51. The third-order valence-electron chi connectivity index (χ3n) is 3.09. The molecule has 1 aromatic carbocycles. The second-order valence-corrected chi connectivity index (χ2v) is 6.95. The van der Waals surface area contributed by atoms with Gasteiger partial charge < -0.3 is 10.5 Å². The number of nitrogens with zero attached hydrogens (tertiary/aromatic N) is 1. The molecule has 0 saturated carbocycles. The fraction of sp³-hybridized carbons (Fsp3) is 0.562. The Morgan fingerprint density at radius 3 is 1.74 bits per heavy atom. The molecule has 0 fully saturated rings. The van der Waals surface area contributed by atoms with Crippen LogP contribution in [-0.4, -0.2) is 18.4 Å². The van der Waals surface area contributed by atoms with Crippen molar-refractivity contribution in [3.05, 3.63) is 28.8 Å². The molecule has 106 valence electrons. The van der Waals surface area contributed by atoms with Gasteiger partial charge in [-0.05, 0) is 28.5 Å². The van der Waals surface area contributed by atoms with Gasteiger partial charge in [0.1, 0.15) is 5.75 Å². The number of aromatic hydroxyl groups is 1. The highest BCUT2D eigenvalue weighted by Gasteiger charge is 2.26. The fourth-order valence-electron chi connectivity index (χ4n) is 2.01. The van der Waals surface area contributed by atoms with E-state index in [0.717, 1.165) is 16.7 Å². The maximum Gasteiger partial charge on any atom is 0.123 e. The molecule has 0 aromatic heterocycles.